The molecule has 110 valence electrons. The Hall–Kier alpha value is -2.32. The summed E-state index contributed by atoms with van der Waals surface area (Å²) in [5, 5.41) is 3.68. The smallest absolute Gasteiger partial charge is 0.117 e. The molecule has 1 aliphatic carbocycles. The van der Waals surface area contributed by atoms with E-state index in [9.17, 15) is 0 Å². The van der Waals surface area contributed by atoms with Gasteiger partial charge in [-0.3, -0.25) is 5.32 Å². The van der Waals surface area contributed by atoms with E-state index in [1.807, 2.05) is 12.1 Å². The van der Waals surface area contributed by atoms with Crippen molar-refractivity contribution in [2.24, 2.45) is 0 Å². The molecular formula is C20H19NO. The van der Waals surface area contributed by atoms with Gasteiger partial charge in [-0.1, -0.05) is 48.5 Å². The maximum absolute atomic E-state index is 5.47. The summed E-state index contributed by atoms with van der Waals surface area (Å²) in [5.74, 6) is 0.971. The van der Waals surface area contributed by atoms with Crippen molar-refractivity contribution in [2.75, 3.05) is 0 Å². The molecule has 0 atom stereocenters. The average Bonchev–Trinajstić information content (AvgIpc) is 3.03. The zero-order valence-corrected chi connectivity index (χ0v) is 12.5. The third-order valence-corrected chi connectivity index (χ3v) is 4.46. The SMILES string of the molecule is c1coc(CNC2c3ccccc3CCc3ccccc32)c1. The quantitative estimate of drug-likeness (QED) is 0.779. The number of furan rings is 1. The van der Waals surface area contributed by atoms with Gasteiger partial charge >= 0.3 is 0 Å². The Bertz CT molecular complexity index is 713. The Kier molecular flexibility index (Phi) is 3.53. The summed E-state index contributed by atoms with van der Waals surface area (Å²) >= 11 is 0. The van der Waals surface area contributed by atoms with Gasteiger partial charge in [-0.2, -0.15) is 0 Å². The molecule has 0 unspecified atom stereocenters. The van der Waals surface area contributed by atoms with Crippen LogP contribution < -0.4 is 5.32 Å². The maximum atomic E-state index is 5.47. The molecule has 0 aliphatic heterocycles. The second kappa shape index (κ2) is 5.82. The number of nitrogens with one attached hydrogen (secondary N) is 1. The number of fused-ring (bicyclic) bond motifs is 2. The Balaban J connectivity index is 1.73. The molecule has 0 radical (unpaired) electrons. The van der Waals surface area contributed by atoms with Crippen molar-refractivity contribution < 1.29 is 4.42 Å². The van der Waals surface area contributed by atoms with Crippen molar-refractivity contribution in [3.05, 3.63) is 94.9 Å². The maximum Gasteiger partial charge on any atom is 0.117 e. The number of hydrogen-bond acceptors (Lipinski definition) is 2. The first kappa shape index (κ1) is 13.4. The van der Waals surface area contributed by atoms with Crippen molar-refractivity contribution in [2.45, 2.75) is 25.4 Å². The van der Waals surface area contributed by atoms with E-state index in [1.54, 1.807) is 6.26 Å². The van der Waals surface area contributed by atoms with Crippen LogP contribution >= 0.6 is 0 Å². The van der Waals surface area contributed by atoms with E-state index >= 15 is 0 Å². The molecule has 4 rings (SSSR count). The molecule has 0 saturated carbocycles. The van der Waals surface area contributed by atoms with Crippen molar-refractivity contribution in [1.29, 1.82) is 0 Å². The second-order valence-corrected chi connectivity index (χ2v) is 5.79. The predicted octanol–water partition coefficient (Wildman–Crippen LogP) is 4.26. The topological polar surface area (TPSA) is 25.2 Å². The van der Waals surface area contributed by atoms with Crippen molar-refractivity contribution in [3.8, 4) is 0 Å². The molecule has 1 aliphatic rings. The van der Waals surface area contributed by atoms with Gasteiger partial charge in [-0.05, 0) is 47.2 Å². The van der Waals surface area contributed by atoms with Gasteiger partial charge in [0.25, 0.3) is 0 Å². The van der Waals surface area contributed by atoms with Gasteiger partial charge in [0.05, 0.1) is 18.8 Å². The summed E-state index contributed by atoms with van der Waals surface area (Å²) in [4.78, 5) is 0. The van der Waals surface area contributed by atoms with Gasteiger partial charge in [0, 0.05) is 0 Å². The van der Waals surface area contributed by atoms with E-state index in [-0.39, 0.29) is 6.04 Å². The van der Waals surface area contributed by atoms with Gasteiger partial charge in [-0.15, -0.1) is 0 Å². The molecule has 1 aromatic heterocycles. The third-order valence-electron chi connectivity index (χ3n) is 4.46. The third kappa shape index (κ3) is 2.46. The highest BCUT2D eigenvalue weighted by Gasteiger charge is 2.22. The predicted molar refractivity (Wildman–Crippen MR) is 87.7 cm³/mol. The summed E-state index contributed by atoms with van der Waals surface area (Å²) in [6, 6.07) is 21.7. The van der Waals surface area contributed by atoms with Gasteiger partial charge in [0.15, 0.2) is 0 Å². The zero-order valence-electron chi connectivity index (χ0n) is 12.5. The first-order valence-corrected chi connectivity index (χ1v) is 7.83. The van der Waals surface area contributed by atoms with E-state index in [4.69, 9.17) is 4.42 Å². The average molecular weight is 289 g/mol. The Labute approximate surface area is 130 Å². The number of rotatable bonds is 3. The van der Waals surface area contributed by atoms with Crippen LogP contribution in [0.2, 0.25) is 0 Å². The highest BCUT2D eigenvalue weighted by Crippen LogP contribution is 2.32. The molecule has 0 bridgehead atoms. The van der Waals surface area contributed by atoms with Crippen LogP contribution in [0.5, 0.6) is 0 Å². The van der Waals surface area contributed by atoms with Crippen LogP contribution in [-0.4, -0.2) is 0 Å². The summed E-state index contributed by atoms with van der Waals surface area (Å²) in [6.45, 7) is 0.736. The monoisotopic (exact) mass is 289 g/mol. The zero-order chi connectivity index (χ0) is 14.8. The molecular weight excluding hydrogens is 270 g/mol. The Morgan fingerprint density at radius 3 is 2.05 bits per heavy atom. The highest BCUT2D eigenvalue weighted by atomic mass is 16.3. The number of hydrogen-bond donors (Lipinski definition) is 1. The molecule has 2 aromatic carbocycles. The van der Waals surface area contributed by atoms with Crippen molar-refractivity contribution >= 4 is 0 Å². The van der Waals surface area contributed by atoms with Gasteiger partial charge in [0.1, 0.15) is 5.76 Å². The molecule has 3 aromatic rings. The molecule has 1 heterocycles. The van der Waals surface area contributed by atoms with Gasteiger partial charge in [0.2, 0.25) is 0 Å². The second-order valence-electron chi connectivity index (χ2n) is 5.79. The Morgan fingerprint density at radius 2 is 1.45 bits per heavy atom. The minimum Gasteiger partial charge on any atom is -0.468 e. The first-order chi connectivity index (χ1) is 10.9. The van der Waals surface area contributed by atoms with E-state index in [0.717, 1.165) is 25.1 Å². The number of aryl methyl sites for hydroxylation is 2. The van der Waals surface area contributed by atoms with E-state index in [0.29, 0.717) is 0 Å². The van der Waals surface area contributed by atoms with E-state index in [2.05, 4.69) is 53.8 Å². The van der Waals surface area contributed by atoms with Gasteiger partial charge < -0.3 is 4.42 Å². The molecule has 0 spiro atoms. The minimum atomic E-state index is 0.222. The molecule has 2 nitrogen and oxygen atoms in total. The summed E-state index contributed by atoms with van der Waals surface area (Å²) in [6.07, 6.45) is 3.93. The summed E-state index contributed by atoms with van der Waals surface area (Å²) in [5.41, 5.74) is 5.66. The van der Waals surface area contributed by atoms with Crippen LogP contribution in [0.15, 0.2) is 71.3 Å². The lowest BCUT2D eigenvalue weighted by Gasteiger charge is -2.21. The molecule has 0 fully saturated rings. The molecule has 0 saturated heterocycles. The summed E-state index contributed by atoms with van der Waals surface area (Å²) in [7, 11) is 0. The highest BCUT2D eigenvalue weighted by molar-refractivity contribution is 5.44. The lowest BCUT2D eigenvalue weighted by Crippen LogP contribution is -2.22. The Morgan fingerprint density at radius 1 is 0.818 bits per heavy atom. The van der Waals surface area contributed by atoms with Crippen LogP contribution in [0.4, 0.5) is 0 Å². The fraction of sp³-hybridized carbons (Fsp3) is 0.200. The van der Waals surface area contributed by atoms with Crippen molar-refractivity contribution in [3.63, 3.8) is 0 Å². The molecule has 0 amide bonds. The molecule has 22 heavy (non-hydrogen) atoms. The van der Waals surface area contributed by atoms with Crippen LogP contribution in [0.3, 0.4) is 0 Å². The lowest BCUT2D eigenvalue weighted by molar-refractivity contribution is 0.468. The fourth-order valence-corrected chi connectivity index (χ4v) is 3.36. The van der Waals surface area contributed by atoms with Crippen LogP contribution in [0.1, 0.15) is 34.1 Å². The van der Waals surface area contributed by atoms with Crippen LogP contribution in [0.25, 0.3) is 0 Å². The molecule has 2 heteroatoms. The van der Waals surface area contributed by atoms with E-state index < -0.39 is 0 Å². The lowest BCUT2D eigenvalue weighted by atomic mass is 9.94. The fourth-order valence-electron chi connectivity index (χ4n) is 3.36. The molecule has 1 N–H and O–H groups in total. The van der Waals surface area contributed by atoms with Crippen LogP contribution in [0, 0.1) is 0 Å². The van der Waals surface area contributed by atoms with Crippen LogP contribution in [-0.2, 0) is 19.4 Å². The number of benzene rings is 2. The summed E-state index contributed by atoms with van der Waals surface area (Å²) < 4.78 is 5.47. The standard InChI is InChI=1S/C20H19NO/c1-3-9-18-15(6-1)11-12-16-7-2-4-10-19(16)20(18)21-14-17-8-5-13-22-17/h1-10,13,20-21H,11-12,14H2. The van der Waals surface area contributed by atoms with Crippen molar-refractivity contribution in [1.82, 2.24) is 5.32 Å². The van der Waals surface area contributed by atoms with Gasteiger partial charge in [-0.25, -0.2) is 0 Å². The minimum absolute atomic E-state index is 0.222. The first-order valence-electron chi connectivity index (χ1n) is 7.83. The largest absolute Gasteiger partial charge is 0.468 e. The normalized spacial score (nSPS) is 14.2. The van der Waals surface area contributed by atoms with E-state index in [1.165, 1.54) is 22.3 Å².